The summed E-state index contributed by atoms with van der Waals surface area (Å²) in [4.78, 5) is 12.1. The Morgan fingerprint density at radius 3 is 2.65 bits per heavy atom. The van der Waals surface area contributed by atoms with Crippen molar-refractivity contribution in [3.63, 3.8) is 0 Å². The Bertz CT molecular complexity index is 876. The van der Waals surface area contributed by atoms with Crippen LogP contribution in [0.1, 0.15) is 26.6 Å². The predicted molar refractivity (Wildman–Crippen MR) is 89.0 cm³/mol. The zero-order chi connectivity index (χ0) is 16.6. The molecule has 0 fully saturated rings. The summed E-state index contributed by atoms with van der Waals surface area (Å²) >= 11 is 0. The van der Waals surface area contributed by atoms with Gasteiger partial charge in [-0.2, -0.15) is 9.61 Å². The van der Waals surface area contributed by atoms with Gasteiger partial charge in [0, 0.05) is 16.7 Å². The number of carbonyl (C=O) groups is 1. The maximum Gasteiger partial charge on any atom is 0.229 e. The number of hydrogen-bond donors (Lipinski definition) is 1. The van der Waals surface area contributed by atoms with Gasteiger partial charge in [0.05, 0.1) is 5.69 Å². The SMILES string of the molecule is Cc1nnc2ccc(-c3cccc(NC(=O)C(C)(C)C)c3)nn12. The monoisotopic (exact) mass is 309 g/mol. The average Bonchev–Trinajstić information content (AvgIpc) is 2.87. The van der Waals surface area contributed by atoms with Crippen LogP contribution in [0.2, 0.25) is 0 Å². The quantitative estimate of drug-likeness (QED) is 0.789. The minimum atomic E-state index is -0.438. The van der Waals surface area contributed by atoms with Gasteiger partial charge in [-0.1, -0.05) is 32.9 Å². The molecule has 6 nitrogen and oxygen atoms in total. The van der Waals surface area contributed by atoms with Gasteiger partial charge in [0.15, 0.2) is 11.5 Å². The second-order valence-corrected chi connectivity index (χ2v) is 6.52. The second kappa shape index (κ2) is 5.46. The number of amides is 1. The molecule has 2 heterocycles. The zero-order valence-corrected chi connectivity index (χ0v) is 13.7. The molecule has 23 heavy (non-hydrogen) atoms. The maximum absolute atomic E-state index is 12.1. The molecular formula is C17H19N5O. The van der Waals surface area contributed by atoms with Crippen molar-refractivity contribution in [2.75, 3.05) is 5.32 Å². The highest BCUT2D eigenvalue weighted by molar-refractivity contribution is 5.95. The fourth-order valence-corrected chi connectivity index (χ4v) is 2.12. The number of carbonyl (C=O) groups excluding carboxylic acids is 1. The summed E-state index contributed by atoms with van der Waals surface area (Å²) in [5, 5.41) is 15.5. The van der Waals surface area contributed by atoms with E-state index in [-0.39, 0.29) is 5.91 Å². The number of benzene rings is 1. The van der Waals surface area contributed by atoms with Gasteiger partial charge >= 0.3 is 0 Å². The van der Waals surface area contributed by atoms with Crippen LogP contribution in [0.15, 0.2) is 36.4 Å². The van der Waals surface area contributed by atoms with E-state index in [9.17, 15) is 4.79 Å². The number of nitrogens with one attached hydrogen (secondary N) is 1. The normalized spacial score (nSPS) is 11.7. The number of fused-ring (bicyclic) bond motifs is 1. The summed E-state index contributed by atoms with van der Waals surface area (Å²) in [5.74, 6) is 0.715. The molecule has 3 rings (SSSR count). The Labute approximate surface area is 134 Å². The lowest BCUT2D eigenvalue weighted by Crippen LogP contribution is -2.27. The molecular weight excluding hydrogens is 290 g/mol. The van der Waals surface area contributed by atoms with Crippen LogP contribution in [0.25, 0.3) is 16.9 Å². The molecule has 0 saturated heterocycles. The van der Waals surface area contributed by atoms with Crippen molar-refractivity contribution >= 4 is 17.2 Å². The van der Waals surface area contributed by atoms with E-state index < -0.39 is 5.41 Å². The van der Waals surface area contributed by atoms with Crippen molar-refractivity contribution in [3.8, 4) is 11.3 Å². The molecule has 1 aromatic carbocycles. The third kappa shape index (κ3) is 3.06. The Kier molecular flexibility index (Phi) is 3.60. The van der Waals surface area contributed by atoms with Gasteiger partial charge in [-0.3, -0.25) is 4.79 Å². The molecule has 0 unspecified atom stereocenters. The van der Waals surface area contributed by atoms with Gasteiger partial charge < -0.3 is 5.32 Å². The summed E-state index contributed by atoms with van der Waals surface area (Å²) in [6, 6.07) is 11.4. The smallest absolute Gasteiger partial charge is 0.229 e. The molecule has 0 aliphatic heterocycles. The van der Waals surface area contributed by atoms with Crippen molar-refractivity contribution in [1.29, 1.82) is 0 Å². The second-order valence-electron chi connectivity index (χ2n) is 6.52. The lowest BCUT2D eigenvalue weighted by molar-refractivity contribution is -0.123. The first-order valence-corrected chi connectivity index (χ1v) is 7.45. The summed E-state index contributed by atoms with van der Waals surface area (Å²) < 4.78 is 1.70. The first-order chi connectivity index (χ1) is 10.8. The molecule has 0 aliphatic rings. The molecule has 1 N–H and O–H groups in total. The van der Waals surface area contributed by atoms with Crippen LogP contribution < -0.4 is 5.32 Å². The van der Waals surface area contributed by atoms with E-state index in [1.165, 1.54) is 0 Å². The van der Waals surface area contributed by atoms with Crippen LogP contribution in [0, 0.1) is 12.3 Å². The molecule has 1 amide bonds. The summed E-state index contributed by atoms with van der Waals surface area (Å²) in [6.07, 6.45) is 0. The highest BCUT2D eigenvalue weighted by Gasteiger charge is 2.21. The van der Waals surface area contributed by atoms with Crippen molar-refractivity contribution in [2.45, 2.75) is 27.7 Å². The molecule has 2 aromatic heterocycles. The van der Waals surface area contributed by atoms with E-state index in [0.717, 1.165) is 22.8 Å². The van der Waals surface area contributed by atoms with Gasteiger partial charge in [-0.15, -0.1) is 10.2 Å². The van der Waals surface area contributed by atoms with Crippen LogP contribution >= 0.6 is 0 Å². The van der Waals surface area contributed by atoms with Gasteiger partial charge in [-0.25, -0.2) is 0 Å². The first kappa shape index (κ1) is 15.1. The zero-order valence-electron chi connectivity index (χ0n) is 13.7. The molecule has 0 saturated carbocycles. The molecule has 0 aliphatic carbocycles. The number of aryl methyl sites for hydroxylation is 1. The third-order valence-electron chi connectivity index (χ3n) is 3.52. The lowest BCUT2D eigenvalue weighted by atomic mass is 9.95. The topological polar surface area (TPSA) is 72.2 Å². The van der Waals surface area contributed by atoms with Crippen LogP contribution in [0.4, 0.5) is 5.69 Å². The molecule has 0 atom stereocenters. The van der Waals surface area contributed by atoms with E-state index in [0.29, 0.717) is 5.65 Å². The molecule has 0 spiro atoms. The molecule has 0 bridgehead atoms. The Morgan fingerprint density at radius 2 is 1.91 bits per heavy atom. The Hall–Kier alpha value is -2.76. The Balaban J connectivity index is 1.95. The van der Waals surface area contributed by atoms with Crippen LogP contribution in [-0.4, -0.2) is 25.7 Å². The van der Waals surface area contributed by atoms with Crippen molar-refractivity contribution in [3.05, 3.63) is 42.2 Å². The fourth-order valence-electron chi connectivity index (χ4n) is 2.12. The van der Waals surface area contributed by atoms with E-state index in [2.05, 4.69) is 20.6 Å². The standard InChI is InChI=1S/C17H19N5O/c1-11-19-20-15-9-8-14(21-22(11)15)12-6-5-7-13(10-12)18-16(23)17(2,3)4/h5-10H,1-4H3,(H,18,23). The number of rotatable bonds is 2. The van der Waals surface area contributed by atoms with Crippen molar-refractivity contribution in [1.82, 2.24) is 19.8 Å². The van der Waals surface area contributed by atoms with Crippen molar-refractivity contribution < 1.29 is 4.79 Å². The summed E-state index contributed by atoms with van der Waals surface area (Å²) in [7, 11) is 0. The fraction of sp³-hybridized carbons (Fsp3) is 0.294. The maximum atomic E-state index is 12.1. The van der Waals surface area contributed by atoms with E-state index >= 15 is 0 Å². The van der Waals surface area contributed by atoms with E-state index in [1.807, 2.05) is 64.1 Å². The minimum absolute atomic E-state index is 0.0206. The van der Waals surface area contributed by atoms with Crippen LogP contribution in [0.3, 0.4) is 0 Å². The highest BCUT2D eigenvalue weighted by atomic mass is 16.2. The van der Waals surface area contributed by atoms with Crippen molar-refractivity contribution in [2.24, 2.45) is 5.41 Å². The molecule has 0 radical (unpaired) electrons. The predicted octanol–water partition coefficient (Wildman–Crippen LogP) is 3.08. The number of hydrogen-bond acceptors (Lipinski definition) is 4. The molecule has 118 valence electrons. The van der Waals surface area contributed by atoms with E-state index in [4.69, 9.17) is 0 Å². The Morgan fingerprint density at radius 1 is 1.13 bits per heavy atom. The van der Waals surface area contributed by atoms with Crippen LogP contribution in [-0.2, 0) is 4.79 Å². The largest absolute Gasteiger partial charge is 0.326 e. The number of aromatic nitrogens is 4. The van der Waals surface area contributed by atoms with Gasteiger partial charge in [0.2, 0.25) is 5.91 Å². The summed E-state index contributed by atoms with van der Waals surface area (Å²) in [5.41, 5.74) is 2.75. The highest BCUT2D eigenvalue weighted by Crippen LogP contribution is 2.23. The summed E-state index contributed by atoms with van der Waals surface area (Å²) in [6.45, 7) is 7.51. The third-order valence-corrected chi connectivity index (χ3v) is 3.52. The average molecular weight is 309 g/mol. The number of nitrogens with zero attached hydrogens (tertiary/aromatic N) is 4. The van der Waals surface area contributed by atoms with Gasteiger partial charge in [0.1, 0.15) is 0 Å². The minimum Gasteiger partial charge on any atom is -0.326 e. The molecule has 6 heteroatoms. The van der Waals surface area contributed by atoms with Crippen LogP contribution in [0.5, 0.6) is 0 Å². The number of anilines is 1. The molecule has 3 aromatic rings. The first-order valence-electron chi connectivity index (χ1n) is 7.45. The van der Waals surface area contributed by atoms with Gasteiger partial charge in [0.25, 0.3) is 0 Å². The van der Waals surface area contributed by atoms with Gasteiger partial charge in [-0.05, 0) is 31.2 Å². The lowest BCUT2D eigenvalue weighted by Gasteiger charge is -2.18. The van der Waals surface area contributed by atoms with E-state index in [1.54, 1.807) is 4.52 Å².